The van der Waals surface area contributed by atoms with Gasteiger partial charge in [-0.3, -0.25) is 5.41 Å². The van der Waals surface area contributed by atoms with Gasteiger partial charge >= 0.3 is 0 Å². The van der Waals surface area contributed by atoms with Crippen molar-refractivity contribution in [2.75, 3.05) is 0 Å². The van der Waals surface area contributed by atoms with Gasteiger partial charge in [0, 0.05) is 5.02 Å². The quantitative estimate of drug-likeness (QED) is 0.577. The Bertz CT molecular complexity index is 1110. The SMILES string of the molecule is N=c1c2cnn(-c3ccccc3)c2ncn1N=Cc1ccc(Cl)cc1. The highest BCUT2D eigenvalue weighted by atomic mass is 35.5. The number of benzene rings is 2. The molecule has 0 aliphatic heterocycles. The molecule has 2 aromatic heterocycles. The van der Waals surface area contributed by atoms with E-state index in [1.165, 1.54) is 11.0 Å². The van der Waals surface area contributed by atoms with Gasteiger partial charge in [-0.25, -0.2) is 14.3 Å². The molecule has 4 rings (SSSR count). The van der Waals surface area contributed by atoms with Crippen molar-refractivity contribution in [3.05, 3.63) is 83.2 Å². The van der Waals surface area contributed by atoms with Crippen LogP contribution in [0.15, 0.2) is 72.2 Å². The maximum absolute atomic E-state index is 8.35. The summed E-state index contributed by atoms with van der Waals surface area (Å²) in [4.78, 5) is 4.41. The lowest BCUT2D eigenvalue weighted by atomic mass is 10.2. The monoisotopic (exact) mass is 348 g/mol. The standard InChI is InChI=1S/C18H13ClN6/c19-14-8-6-13(7-9-14)10-22-24-12-21-18-16(17(24)20)11-23-25(18)15-4-2-1-3-5-15/h1-12,20H. The Morgan fingerprint density at radius 3 is 2.56 bits per heavy atom. The van der Waals surface area contributed by atoms with Gasteiger partial charge in [0.25, 0.3) is 0 Å². The van der Waals surface area contributed by atoms with Crippen molar-refractivity contribution in [2.24, 2.45) is 5.10 Å². The van der Waals surface area contributed by atoms with Crippen LogP contribution in [0, 0.1) is 5.41 Å². The number of para-hydroxylation sites is 1. The highest BCUT2D eigenvalue weighted by Crippen LogP contribution is 2.13. The van der Waals surface area contributed by atoms with E-state index in [0.717, 1.165) is 11.3 Å². The second-order valence-electron chi connectivity index (χ2n) is 5.36. The predicted molar refractivity (Wildman–Crippen MR) is 97.2 cm³/mol. The Kier molecular flexibility index (Phi) is 3.87. The van der Waals surface area contributed by atoms with E-state index in [-0.39, 0.29) is 5.49 Å². The van der Waals surface area contributed by atoms with Gasteiger partial charge in [-0.15, -0.1) is 0 Å². The summed E-state index contributed by atoms with van der Waals surface area (Å²) in [6.07, 6.45) is 4.80. The maximum Gasteiger partial charge on any atom is 0.168 e. The molecule has 0 spiro atoms. The average molecular weight is 349 g/mol. The van der Waals surface area contributed by atoms with Crippen molar-refractivity contribution in [3.8, 4) is 5.69 Å². The van der Waals surface area contributed by atoms with Crippen molar-refractivity contribution >= 4 is 28.8 Å². The minimum absolute atomic E-state index is 0.220. The van der Waals surface area contributed by atoms with E-state index in [1.54, 1.807) is 29.2 Å². The van der Waals surface area contributed by atoms with Gasteiger partial charge in [-0.1, -0.05) is 41.9 Å². The van der Waals surface area contributed by atoms with E-state index in [2.05, 4.69) is 15.2 Å². The Hall–Kier alpha value is -3.25. The van der Waals surface area contributed by atoms with Gasteiger partial charge in [0.2, 0.25) is 0 Å². The molecule has 4 aromatic rings. The van der Waals surface area contributed by atoms with E-state index in [4.69, 9.17) is 17.0 Å². The van der Waals surface area contributed by atoms with Gasteiger partial charge < -0.3 is 0 Å². The van der Waals surface area contributed by atoms with Gasteiger partial charge in [-0.05, 0) is 29.8 Å². The number of nitrogens with one attached hydrogen (secondary N) is 1. The molecule has 7 heteroatoms. The summed E-state index contributed by atoms with van der Waals surface area (Å²) in [5, 5.41) is 18.3. The first-order valence-corrected chi connectivity index (χ1v) is 7.95. The lowest BCUT2D eigenvalue weighted by Crippen LogP contribution is -2.17. The Balaban J connectivity index is 1.74. The fourth-order valence-electron chi connectivity index (χ4n) is 2.45. The molecule has 0 aliphatic carbocycles. The molecule has 0 atom stereocenters. The van der Waals surface area contributed by atoms with Crippen LogP contribution in [0.3, 0.4) is 0 Å². The third-order valence-corrected chi connectivity index (χ3v) is 3.97. The number of hydrogen-bond acceptors (Lipinski definition) is 4. The fourth-order valence-corrected chi connectivity index (χ4v) is 2.57. The molecule has 0 radical (unpaired) electrons. The van der Waals surface area contributed by atoms with Gasteiger partial charge in [0.1, 0.15) is 6.33 Å². The van der Waals surface area contributed by atoms with Gasteiger partial charge in [0.15, 0.2) is 11.1 Å². The van der Waals surface area contributed by atoms with Crippen molar-refractivity contribution in [2.45, 2.75) is 0 Å². The van der Waals surface area contributed by atoms with Crippen molar-refractivity contribution < 1.29 is 0 Å². The number of aromatic nitrogens is 4. The first-order valence-electron chi connectivity index (χ1n) is 7.58. The van der Waals surface area contributed by atoms with Crippen LogP contribution in [0.2, 0.25) is 5.02 Å². The van der Waals surface area contributed by atoms with Crippen LogP contribution in [-0.4, -0.2) is 25.7 Å². The van der Waals surface area contributed by atoms with Gasteiger partial charge in [-0.2, -0.15) is 10.2 Å². The largest absolute Gasteiger partial charge is 0.282 e. The smallest absolute Gasteiger partial charge is 0.168 e. The lowest BCUT2D eigenvalue weighted by Gasteiger charge is -2.03. The van der Waals surface area contributed by atoms with Gasteiger partial charge in [0.05, 0.1) is 23.5 Å². The highest BCUT2D eigenvalue weighted by Gasteiger charge is 2.08. The zero-order valence-corrected chi connectivity index (χ0v) is 13.8. The molecule has 0 bridgehead atoms. The number of rotatable bonds is 3. The van der Waals surface area contributed by atoms with Crippen LogP contribution in [0.5, 0.6) is 0 Å². The highest BCUT2D eigenvalue weighted by molar-refractivity contribution is 6.30. The molecule has 0 unspecified atom stereocenters. The van der Waals surface area contributed by atoms with Crippen LogP contribution in [-0.2, 0) is 0 Å². The Morgan fingerprint density at radius 1 is 1.04 bits per heavy atom. The summed E-state index contributed by atoms with van der Waals surface area (Å²) in [5.74, 6) is 0. The van der Waals surface area contributed by atoms with E-state index in [9.17, 15) is 0 Å². The van der Waals surface area contributed by atoms with Crippen molar-refractivity contribution in [1.82, 2.24) is 19.4 Å². The molecule has 0 amide bonds. The molecule has 6 nitrogen and oxygen atoms in total. The summed E-state index contributed by atoms with van der Waals surface area (Å²) >= 11 is 5.87. The second kappa shape index (κ2) is 6.33. The van der Waals surface area contributed by atoms with Crippen LogP contribution in [0.1, 0.15) is 5.56 Å². The predicted octanol–water partition coefficient (Wildman–Crippen LogP) is 3.24. The number of halogens is 1. The minimum Gasteiger partial charge on any atom is -0.282 e. The summed E-state index contributed by atoms with van der Waals surface area (Å²) in [7, 11) is 0. The topological polar surface area (TPSA) is 71.8 Å². The summed E-state index contributed by atoms with van der Waals surface area (Å²) in [6, 6.07) is 17.0. The normalized spacial score (nSPS) is 11.4. The molecule has 0 saturated carbocycles. The Labute approximate surface area is 148 Å². The van der Waals surface area contributed by atoms with Crippen molar-refractivity contribution in [1.29, 1.82) is 5.41 Å². The van der Waals surface area contributed by atoms with Crippen molar-refractivity contribution in [3.63, 3.8) is 0 Å². The zero-order chi connectivity index (χ0) is 17.2. The number of nitrogens with zero attached hydrogens (tertiary/aromatic N) is 5. The third kappa shape index (κ3) is 2.95. The second-order valence-corrected chi connectivity index (χ2v) is 5.80. The molecule has 0 saturated heterocycles. The molecule has 25 heavy (non-hydrogen) atoms. The molecular weight excluding hydrogens is 336 g/mol. The summed E-state index contributed by atoms with van der Waals surface area (Å²) < 4.78 is 3.12. The van der Waals surface area contributed by atoms with Crippen LogP contribution < -0.4 is 5.49 Å². The maximum atomic E-state index is 8.35. The average Bonchev–Trinajstić information content (AvgIpc) is 3.08. The number of fused-ring (bicyclic) bond motifs is 1. The van der Waals surface area contributed by atoms with Crippen LogP contribution in [0.25, 0.3) is 16.7 Å². The first-order chi connectivity index (χ1) is 12.2. The van der Waals surface area contributed by atoms with Crippen LogP contribution >= 0.6 is 11.6 Å². The molecule has 0 fully saturated rings. The lowest BCUT2D eigenvalue weighted by molar-refractivity contribution is 0.779. The summed E-state index contributed by atoms with van der Waals surface area (Å²) in [6.45, 7) is 0. The van der Waals surface area contributed by atoms with E-state index in [1.807, 2.05) is 42.5 Å². The molecule has 0 aliphatic rings. The molecule has 122 valence electrons. The minimum atomic E-state index is 0.220. The molecular formula is C18H13ClN6. The molecule has 1 N–H and O–H groups in total. The Morgan fingerprint density at radius 2 is 1.80 bits per heavy atom. The van der Waals surface area contributed by atoms with E-state index < -0.39 is 0 Å². The van der Waals surface area contributed by atoms with E-state index >= 15 is 0 Å². The van der Waals surface area contributed by atoms with E-state index in [0.29, 0.717) is 16.1 Å². The fraction of sp³-hybridized carbons (Fsp3) is 0. The summed E-state index contributed by atoms with van der Waals surface area (Å²) in [5.41, 5.74) is 2.62. The third-order valence-electron chi connectivity index (χ3n) is 3.72. The zero-order valence-electron chi connectivity index (χ0n) is 13.0. The number of hydrogen-bond donors (Lipinski definition) is 1. The molecule has 2 aromatic carbocycles. The molecule has 2 heterocycles. The first kappa shape index (κ1) is 15.3. The van der Waals surface area contributed by atoms with Crippen LogP contribution in [0.4, 0.5) is 0 Å².